The highest BCUT2D eigenvalue weighted by atomic mass is 79.9. The number of para-hydroxylation sites is 2. The fourth-order valence-electron chi connectivity index (χ4n) is 3.35. The van der Waals surface area contributed by atoms with Gasteiger partial charge in [0.2, 0.25) is 0 Å². The van der Waals surface area contributed by atoms with Crippen molar-refractivity contribution in [2.24, 2.45) is 0 Å². The van der Waals surface area contributed by atoms with Crippen LogP contribution in [-0.2, 0) is 19.7 Å². The van der Waals surface area contributed by atoms with E-state index in [4.69, 9.17) is 9.15 Å². The summed E-state index contributed by atoms with van der Waals surface area (Å²) in [4.78, 5) is 19.1. The van der Waals surface area contributed by atoms with Gasteiger partial charge in [-0.1, -0.05) is 34.1 Å². The number of fused-ring (bicyclic) bond motifs is 1. The van der Waals surface area contributed by atoms with Gasteiger partial charge in [-0.05, 0) is 49.4 Å². The third kappa shape index (κ3) is 4.26. The molecule has 0 N–H and O–H groups in total. The van der Waals surface area contributed by atoms with E-state index in [1.165, 1.54) is 0 Å². The number of rotatable bonds is 7. The zero-order valence-electron chi connectivity index (χ0n) is 16.8. The molecule has 2 aromatic carbocycles. The molecule has 2 heterocycles. The van der Waals surface area contributed by atoms with E-state index < -0.39 is 0 Å². The summed E-state index contributed by atoms with van der Waals surface area (Å²) in [5.74, 6) is 2.25. The fraction of sp³-hybridized carbons (Fsp3) is 0.217. The van der Waals surface area contributed by atoms with Crippen LogP contribution < -0.4 is 4.74 Å². The van der Waals surface area contributed by atoms with Crippen molar-refractivity contribution >= 4 is 32.9 Å². The maximum absolute atomic E-state index is 12.8. The van der Waals surface area contributed by atoms with Crippen LogP contribution in [0.1, 0.15) is 29.1 Å². The highest BCUT2D eigenvalue weighted by Gasteiger charge is 2.19. The Hall–Kier alpha value is -3.06. The molecule has 1 amide bonds. The number of hydrogen-bond donors (Lipinski definition) is 0. The molecule has 0 radical (unpaired) electrons. The van der Waals surface area contributed by atoms with Gasteiger partial charge in [0.15, 0.2) is 5.76 Å². The molecule has 0 aliphatic rings. The van der Waals surface area contributed by atoms with Gasteiger partial charge in [0.25, 0.3) is 5.91 Å². The maximum atomic E-state index is 12.8. The Morgan fingerprint density at radius 2 is 2.00 bits per heavy atom. The fourth-order valence-corrected chi connectivity index (χ4v) is 3.73. The van der Waals surface area contributed by atoms with Crippen LogP contribution in [0.4, 0.5) is 0 Å². The smallest absolute Gasteiger partial charge is 0.289 e. The Labute approximate surface area is 183 Å². The highest BCUT2D eigenvalue weighted by molar-refractivity contribution is 9.10. The predicted octanol–water partition coefficient (Wildman–Crippen LogP) is 5.26. The van der Waals surface area contributed by atoms with E-state index in [1.807, 2.05) is 48.5 Å². The second-order valence-corrected chi connectivity index (χ2v) is 7.85. The lowest BCUT2D eigenvalue weighted by molar-refractivity contribution is 0.0744. The zero-order valence-corrected chi connectivity index (χ0v) is 18.4. The minimum atomic E-state index is -0.196. The van der Waals surface area contributed by atoms with Gasteiger partial charge in [0.05, 0.1) is 17.6 Å². The molecule has 7 heteroatoms. The molecular formula is C23H22BrN3O3. The molecule has 0 bridgehead atoms. The van der Waals surface area contributed by atoms with Crippen LogP contribution in [0, 0.1) is 0 Å². The van der Waals surface area contributed by atoms with Gasteiger partial charge < -0.3 is 18.6 Å². The summed E-state index contributed by atoms with van der Waals surface area (Å²) in [6.45, 7) is 3.50. The van der Waals surface area contributed by atoms with Crippen molar-refractivity contribution in [1.29, 1.82) is 0 Å². The van der Waals surface area contributed by atoms with Gasteiger partial charge in [-0.15, -0.1) is 0 Å². The summed E-state index contributed by atoms with van der Waals surface area (Å²) in [6, 6.07) is 19.0. The van der Waals surface area contributed by atoms with Crippen molar-refractivity contribution < 1.29 is 13.9 Å². The monoisotopic (exact) mass is 467 g/mol. The number of amides is 1. The SMILES string of the molecule is CCn1c(CN(C)C(=O)c2ccc(COc3cccc(Br)c3)o2)nc2ccccc21. The predicted molar refractivity (Wildman–Crippen MR) is 118 cm³/mol. The molecular weight excluding hydrogens is 446 g/mol. The quantitative estimate of drug-likeness (QED) is 0.371. The third-order valence-corrected chi connectivity index (χ3v) is 5.32. The van der Waals surface area contributed by atoms with Gasteiger partial charge in [-0.3, -0.25) is 4.79 Å². The Morgan fingerprint density at radius 1 is 1.17 bits per heavy atom. The van der Waals surface area contributed by atoms with Crippen molar-refractivity contribution in [1.82, 2.24) is 14.5 Å². The minimum absolute atomic E-state index is 0.196. The number of halogens is 1. The number of aromatic nitrogens is 2. The molecule has 4 rings (SSSR count). The van der Waals surface area contributed by atoms with E-state index in [0.29, 0.717) is 12.3 Å². The molecule has 4 aromatic rings. The molecule has 6 nitrogen and oxygen atoms in total. The second-order valence-electron chi connectivity index (χ2n) is 6.93. The number of carbonyl (C=O) groups excluding carboxylic acids is 1. The Morgan fingerprint density at radius 3 is 2.80 bits per heavy atom. The normalized spacial score (nSPS) is 11.0. The number of furan rings is 1. The first-order chi connectivity index (χ1) is 14.5. The van der Waals surface area contributed by atoms with Gasteiger partial charge in [-0.25, -0.2) is 4.98 Å². The summed E-state index contributed by atoms with van der Waals surface area (Å²) >= 11 is 3.42. The summed E-state index contributed by atoms with van der Waals surface area (Å²) in [5.41, 5.74) is 2.00. The number of imidazole rings is 1. The van der Waals surface area contributed by atoms with Gasteiger partial charge >= 0.3 is 0 Å². The van der Waals surface area contributed by atoms with Crippen LogP contribution in [0.25, 0.3) is 11.0 Å². The van der Waals surface area contributed by atoms with Crippen LogP contribution in [0.2, 0.25) is 0 Å². The zero-order chi connectivity index (χ0) is 21.1. The van der Waals surface area contributed by atoms with E-state index in [-0.39, 0.29) is 18.3 Å². The first kappa shape index (κ1) is 20.2. The summed E-state index contributed by atoms with van der Waals surface area (Å²) in [5, 5.41) is 0. The molecule has 0 atom stereocenters. The molecule has 0 spiro atoms. The summed E-state index contributed by atoms with van der Waals surface area (Å²) < 4.78 is 14.5. The molecule has 0 aliphatic carbocycles. The molecule has 0 unspecified atom stereocenters. The van der Waals surface area contributed by atoms with Crippen LogP contribution in [0.5, 0.6) is 5.75 Å². The third-order valence-electron chi connectivity index (χ3n) is 4.82. The second kappa shape index (κ2) is 8.75. The Kier molecular flexibility index (Phi) is 5.90. The molecule has 0 fully saturated rings. The van der Waals surface area contributed by atoms with E-state index in [9.17, 15) is 4.79 Å². The highest BCUT2D eigenvalue weighted by Crippen LogP contribution is 2.21. The van der Waals surface area contributed by atoms with Crippen LogP contribution >= 0.6 is 15.9 Å². The number of hydrogen-bond acceptors (Lipinski definition) is 4. The molecule has 2 aromatic heterocycles. The van der Waals surface area contributed by atoms with Crippen molar-refractivity contribution in [3.8, 4) is 5.75 Å². The topological polar surface area (TPSA) is 60.5 Å². The van der Waals surface area contributed by atoms with E-state index >= 15 is 0 Å². The number of ether oxygens (including phenoxy) is 1. The minimum Gasteiger partial charge on any atom is -0.486 e. The standard InChI is InChI=1S/C23H22BrN3O3/c1-3-27-20-10-5-4-9-19(20)25-22(27)14-26(2)23(28)21-12-11-18(30-21)15-29-17-8-6-7-16(24)13-17/h4-13H,3,14-15H2,1-2H3. The van der Waals surface area contributed by atoms with E-state index in [0.717, 1.165) is 33.6 Å². The van der Waals surface area contributed by atoms with Gasteiger partial charge in [0.1, 0.15) is 23.9 Å². The van der Waals surface area contributed by atoms with Crippen LogP contribution in [0.3, 0.4) is 0 Å². The van der Waals surface area contributed by atoms with Gasteiger partial charge in [0, 0.05) is 18.1 Å². The first-order valence-corrected chi connectivity index (χ1v) is 10.5. The molecule has 30 heavy (non-hydrogen) atoms. The lowest BCUT2D eigenvalue weighted by Gasteiger charge is -2.16. The average molecular weight is 468 g/mol. The molecule has 0 aliphatic heterocycles. The molecule has 0 saturated carbocycles. The van der Waals surface area contributed by atoms with Crippen LogP contribution in [-0.4, -0.2) is 27.4 Å². The Bertz CT molecular complexity index is 1180. The van der Waals surface area contributed by atoms with Crippen molar-refractivity contribution in [3.05, 3.63) is 82.5 Å². The Balaban J connectivity index is 1.43. The summed E-state index contributed by atoms with van der Waals surface area (Å²) in [6.07, 6.45) is 0. The lowest BCUT2D eigenvalue weighted by atomic mass is 10.3. The van der Waals surface area contributed by atoms with Crippen LogP contribution in [0.15, 0.2) is 69.6 Å². The van der Waals surface area contributed by atoms with E-state index in [2.05, 4.69) is 32.4 Å². The van der Waals surface area contributed by atoms with E-state index in [1.54, 1.807) is 24.1 Å². The average Bonchev–Trinajstić information content (AvgIpc) is 3.35. The largest absolute Gasteiger partial charge is 0.486 e. The molecule has 0 saturated heterocycles. The van der Waals surface area contributed by atoms with Crippen molar-refractivity contribution in [2.75, 3.05) is 7.05 Å². The van der Waals surface area contributed by atoms with Crippen molar-refractivity contribution in [3.63, 3.8) is 0 Å². The number of nitrogens with zero attached hydrogens (tertiary/aromatic N) is 3. The first-order valence-electron chi connectivity index (χ1n) is 9.72. The number of carbonyl (C=O) groups is 1. The van der Waals surface area contributed by atoms with Gasteiger partial charge in [-0.2, -0.15) is 0 Å². The lowest BCUT2D eigenvalue weighted by Crippen LogP contribution is -2.27. The molecule has 154 valence electrons. The number of benzene rings is 2. The number of aryl methyl sites for hydroxylation is 1. The maximum Gasteiger partial charge on any atom is 0.289 e. The van der Waals surface area contributed by atoms with Crippen molar-refractivity contribution in [2.45, 2.75) is 26.6 Å². The summed E-state index contributed by atoms with van der Waals surface area (Å²) in [7, 11) is 1.75.